The van der Waals surface area contributed by atoms with Gasteiger partial charge < -0.3 is 10.2 Å². The van der Waals surface area contributed by atoms with Crippen LogP contribution in [0.15, 0.2) is 29.2 Å². The molecule has 1 saturated heterocycles. The molecule has 20 heavy (non-hydrogen) atoms. The lowest BCUT2D eigenvalue weighted by atomic mass is 9.89. The highest BCUT2D eigenvalue weighted by Gasteiger charge is 2.36. The van der Waals surface area contributed by atoms with Crippen LogP contribution in [0.3, 0.4) is 0 Å². The van der Waals surface area contributed by atoms with Crippen molar-refractivity contribution in [3.63, 3.8) is 0 Å². The van der Waals surface area contributed by atoms with Crippen LogP contribution in [0.4, 0.5) is 0 Å². The number of hydrogen-bond acceptors (Lipinski definition) is 3. The van der Waals surface area contributed by atoms with Crippen LogP contribution in [0, 0.1) is 0 Å². The van der Waals surface area contributed by atoms with Crippen molar-refractivity contribution in [2.24, 2.45) is 0 Å². The number of carbonyl (C=O) groups excluding carboxylic acids is 1. The zero-order valence-electron chi connectivity index (χ0n) is 12.6. The Morgan fingerprint density at radius 3 is 2.60 bits per heavy atom. The monoisotopic (exact) mass is 292 g/mol. The maximum Gasteiger partial charge on any atom is 0.242 e. The summed E-state index contributed by atoms with van der Waals surface area (Å²) in [7, 11) is 1.90. The first-order chi connectivity index (χ1) is 9.55. The van der Waals surface area contributed by atoms with E-state index in [1.54, 1.807) is 11.8 Å². The number of thioether (sulfide) groups is 1. The fraction of sp³-hybridized carbons (Fsp3) is 0.562. The summed E-state index contributed by atoms with van der Waals surface area (Å²) in [6.45, 7) is 3.64. The van der Waals surface area contributed by atoms with E-state index in [0.29, 0.717) is 6.54 Å². The summed E-state index contributed by atoms with van der Waals surface area (Å²) in [6, 6.07) is 8.43. The van der Waals surface area contributed by atoms with Crippen LogP contribution in [0.2, 0.25) is 0 Å². The Hall–Kier alpha value is -1.00. The van der Waals surface area contributed by atoms with Crippen LogP contribution in [0.25, 0.3) is 0 Å². The summed E-state index contributed by atoms with van der Waals surface area (Å²) < 4.78 is 0. The van der Waals surface area contributed by atoms with E-state index in [1.807, 2.05) is 18.9 Å². The molecule has 1 heterocycles. The van der Waals surface area contributed by atoms with Gasteiger partial charge >= 0.3 is 0 Å². The van der Waals surface area contributed by atoms with E-state index in [1.165, 1.54) is 16.9 Å². The van der Waals surface area contributed by atoms with Crippen molar-refractivity contribution in [1.82, 2.24) is 10.2 Å². The lowest BCUT2D eigenvalue weighted by Crippen LogP contribution is -2.57. The van der Waals surface area contributed by atoms with E-state index in [9.17, 15) is 4.79 Å². The summed E-state index contributed by atoms with van der Waals surface area (Å²) in [6.07, 6.45) is 5.30. The van der Waals surface area contributed by atoms with E-state index in [4.69, 9.17) is 0 Å². The zero-order chi connectivity index (χ0) is 14.6. The minimum atomic E-state index is -0.383. The molecule has 2 rings (SSSR count). The predicted molar refractivity (Wildman–Crippen MR) is 85.0 cm³/mol. The van der Waals surface area contributed by atoms with E-state index < -0.39 is 0 Å². The highest BCUT2D eigenvalue weighted by Crippen LogP contribution is 2.22. The van der Waals surface area contributed by atoms with Crippen LogP contribution in [0.5, 0.6) is 0 Å². The van der Waals surface area contributed by atoms with E-state index >= 15 is 0 Å². The van der Waals surface area contributed by atoms with Gasteiger partial charge in [0.2, 0.25) is 5.91 Å². The molecule has 1 aliphatic heterocycles. The Morgan fingerprint density at radius 1 is 1.35 bits per heavy atom. The fourth-order valence-electron chi connectivity index (χ4n) is 2.74. The lowest BCUT2D eigenvalue weighted by Gasteiger charge is -2.36. The van der Waals surface area contributed by atoms with Crippen molar-refractivity contribution >= 4 is 17.7 Å². The SMILES string of the molecule is CSc1ccc(CN(C)C(=O)C2(C)CCCCN2)cc1. The van der Waals surface area contributed by atoms with Gasteiger partial charge in [0.1, 0.15) is 0 Å². The normalized spacial score (nSPS) is 22.6. The van der Waals surface area contributed by atoms with Crippen molar-refractivity contribution in [2.75, 3.05) is 19.8 Å². The molecule has 110 valence electrons. The molecule has 3 nitrogen and oxygen atoms in total. The standard InChI is InChI=1S/C16H24N2OS/c1-16(10-4-5-11-17-16)15(19)18(2)12-13-6-8-14(20-3)9-7-13/h6-9,17H,4-5,10-12H2,1-3H3. The van der Waals surface area contributed by atoms with Gasteiger partial charge in [0.25, 0.3) is 0 Å². The van der Waals surface area contributed by atoms with Gasteiger partial charge in [-0.3, -0.25) is 4.79 Å². The smallest absolute Gasteiger partial charge is 0.242 e. The Morgan fingerprint density at radius 2 is 2.05 bits per heavy atom. The number of rotatable bonds is 4. The molecular weight excluding hydrogens is 268 g/mol. The van der Waals surface area contributed by atoms with Gasteiger partial charge in [-0.25, -0.2) is 0 Å². The average molecular weight is 292 g/mol. The number of likely N-dealkylation sites (N-methyl/N-ethyl adjacent to an activating group) is 1. The van der Waals surface area contributed by atoms with Crippen molar-refractivity contribution in [1.29, 1.82) is 0 Å². The quantitative estimate of drug-likeness (QED) is 0.866. The van der Waals surface area contributed by atoms with Gasteiger partial charge in [-0.1, -0.05) is 12.1 Å². The van der Waals surface area contributed by atoms with Crippen molar-refractivity contribution in [3.8, 4) is 0 Å². The molecule has 0 aliphatic carbocycles. The third-order valence-corrected chi connectivity index (χ3v) is 4.76. The lowest BCUT2D eigenvalue weighted by molar-refractivity contribution is -0.137. The van der Waals surface area contributed by atoms with Crippen molar-refractivity contribution in [3.05, 3.63) is 29.8 Å². The second-order valence-corrected chi connectivity index (χ2v) is 6.60. The summed E-state index contributed by atoms with van der Waals surface area (Å²) >= 11 is 1.73. The van der Waals surface area contributed by atoms with Crippen LogP contribution in [0.1, 0.15) is 31.7 Å². The predicted octanol–water partition coefficient (Wildman–Crippen LogP) is 2.90. The van der Waals surface area contributed by atoms with Crippen LogP contribution >= 0.6 is 11.8 Å². The third-order valence-electron chi connectivity index (χ3n) is 4.02. The molecular formula is C16H24N2OS. The maximum absolute atomic E-state index is 12.6. The minimum absolute atomic E-state index is 0.200. The van der Waals surface area contributed by atoms with E-state index in [0.717, 1.165) is 19.4 Å². The Bertz CT molecular complexity index is 452. The molecule has 1 aromatic carbocycles. The molecule has 0 aromatic heterocycles. The second-order valence-electron chi connectivity index (χ2n) is 5.73. The minimum Gasteiger partial charge on any atom is -0.340 e. The number of nitrogens with one attached hydrogen (secondary N) is 1. The molecule has 1 N–H and O–H groups in total. The summed E-state index contributed by atoms with van der Waals surface area (Å²) in [5, 5.41) is 3.39. The number of benzene rings is 1. The Balaban J connectivity index is 1.99. The number of amides is 1. The number of hydrogen-bond donors (Lipinski definition) is 1. The third kappa shape index (κ3) is 3.55. The highest BCUT2D eigenvalue weighted by molar-refractivity contribution is 7.98. The molecule has 1 atom stereocenters. The maximum atomic E-state index is 12.6. The molecule has 4 heteroatoms. The number of carbonyl (C=O) groups is 1. The number of nitrogens with zero attached hydrogens (tertiary/aromatic N) is 1. The average Bonchev–Trinajstić information content (AvgIpc) is 2.48. The van der Waals surface area contributed by atoms with Gasteiger partial charge in [0.15, 0.2) is 0 Å². The van der Waals surface area contributed by atoms with Gasteiger partial charge in [-0.15, -0.1) is 11.8 Å². The van der Waals surface area contributed by atoms with Gasteiger partial charge in [0, 0.05) is 18.5 Å². The van der Waals surface area contributed by atoms with Gasteiger partial charge in [-0.2, -0.15) is 0 Å². The Kier molecular flexibility index (Phi) is 5.11. The molecule has 1 aromatic rings. The van der Waals surface area contributed by atoms with Crippen LogP contribution < -0.4 is 5.32 Å². The molecule has 0 radical (unpaired) electrons. The van der Waals surface area contributed by atoms with E-state index in [-0.39, 0.29) is 11.4 Å². The summed E-state index contributed by atoms with van der Waals surface area (Å²) in [4.78, 5) is 15.7. The van der Waals surface area contributed by atoms with Crippen molar-refractivity contribution in [2.45, 2.75) is 43.2 Å². The van der Waals surface area contributed by atoms with Crippen LogP contribution in [-0.2, 0) is 11.3 Å². The molecule has 0 bridgehead atoms. The number of piperidine rings is 1. The molecule has 1 aliphatic rings. The zero-order valence-corrected chi connectivity index (χ0v) is 13.4. The van der Waals surface area contributed by atoms with Crippen LogP contribution in [-0.4, -0.2) is 36.2 Å². The van der Waals surface area contributed by atoms with Crippen molar-refractivity contribution < 1.29 is 4.79 Å². The highest BCUT2D eigenvalue weighted by atomic mass is 32.2. The van der Waals surface area contributed by atoms with Gasteiger partial charge in [0.05, 0.1) is 5.54 Å². The van der Waals surface area contributed by atoms with E-state index in [2.05, 4.69) is 35.8 Å². The topological polar surface area (TPSA) is 32.3 Å². The molecule has 0 saturated carbocycles. The molecule has 0 spiro atoms. The Labute approximate surface area is 126 Å². The fourth-order valence-corrected chi connectivity index (χ4v) is 3.14. The summed E-state index contributed by atoms with van der Waals surface area (Å²) in [5.41, 5.74) is 0.796. The first-order valence-corrected chi connectivity index (χ1v) is 8.41. The second kappa shape index (κ2) is 6.64. The largest absolute Gasteiger partial charge is 0.340 e. The van der Waals surface area contributed by atoms with Gasteiger partial charge in [-0.05, 0) is 56.7 Å². The summed E-state index contributed by atoms with van der Waals surface area (Å²) in [5.74, 6) is 0.200. The molecule has 1 fully saturated rings. The first-order valence-electron chi connectivity index (χ1n) is 7.19. The molecule has 1 unspecified atom stereocenters. The molecule has 1 amide bonds. The first kappa shape index (κ1) is 15.4.